The maximum atomic E-state index is 12.7. The molecule has 1 amide bonds. The lowest BCUT2D eigenvalue weighted by molar-refractivity contribution is -0.132. The Morgan fingerprint density at radius 3 is 2.59 bits per heavy atom. The van der Waals surface area contributed by atoms with Crippen molar-refractivity contribution in [3.8, 4) is 0 Å². The van der Waals surface area contributed by atoms with Gasteiger partial charge in [-0.05, 0) is 98.5 Å². The molecule has 222 valence electrons. The number of fused-ring (bicyclic) bond motifs is 1. The molecule has 2 aliphatic rings. The molecule has 1 aromatic carbocycles. The number of nitrogens with one attached hydrogen (secondary N) is 2. The first-order valence-electron chi connectivity index (χ1n) is 14.9. The molecule has 2 aliphatic heterocycles. The van der Waals surface area contributed by atoms with E-state index in [4.69, 9.17) is 0 Å². The first-order chi connectivity index (χ1) is 19.7. The third-order valence-electron chi connectivity index (χ3n) is 8.26. The lowest BCUT2D eigenvalue weighted by Crippen LogP contribution is -2.51. The minimum Gasteiger partial charge on any atom is -0.354 e. The summed E-state index contributed by atoms with van der Waals surface area (Å²) in [6, 6.07) is 6.92. The SMILES string of the molecule is C/C=C(\C=C(\C)C(CC)=NC=NC)c1[nH]c2ccc(C3CCN(CC(=O)N4CCS(=O)NC4)CC3)cc2c1C(C)C. The lowest BCUT2D eigenvalue weighted by Gasteiger charge is -2.34. The second kappa shape index (κ2) is 14.3. The Hall–Kier alpha value is -2.88. The van der Waals surface area contributed by atoms with E-state index in [1.54, 1.807) is 18.3 Å². The average molecular weight is 579 g/mol. The zero-order valence-electron chi connectivity index (χ0n) is 25.5. The molecule has 2 N–H and O–H groups in total. The molecule has 1 atom stereocenters. The summed E-state index contributed by atoms with van der Waals surface area (Å²) in [5.41, 5.74) is 8.43. The predicted octanol–water partition coefficient (Wildman–Crippen LogP) is 5.38. The van der Waals surface area contributed by atoms with E-state index >= 15 is 0 Å². The second-order valence-electron chi connectivity index (χ2n) is 11.3. The Morgan fingerprint density at radius 2 is 1.98 bits per heavy atom. The van der Waals surface area contributed by atoms with Crippen molar-refractivity contribution >= 4 is 45.4 Å². The molecule has 9 heteroatoms. The van der Waals surface area contributed by atoms with Gasteiger partial charge in [-0.15, -0.1) is 0 Å². The highest BCUT2D eigenvalue weighted by Crippen LogP contribution is 2.37. The van der Waals surface area contributed by atoms with Crippen molar-refractivity contribution in [3.63, 3.8) is 0 Å². The van der Waals surface area contributed by atoms with Crippen molar-refractivity contribution in [2.75, 3.05) is 45.6 Å². The van der Waals surface area contributed by atoms with Crippen LogP contribution in [0, 0.1) is 0 Å². The molecule has 0 saturated carbocycles. The Balaban J connectivity index is 1.51. The largest absolute Gasteiger partial charge is 0.354 e. The van der Waals surface area contributed by atoms with Crippen LogP contribution in [0.15, 0.2) is 45.9 Å². The van der Waals surface area contributed by atoms with E-state index in [9.17, 15) is 9.00 Å². The van der Waals surface area contributed by atoms with Crippen molar-refractivity contribution < 1.29 is 9.00 Å². The lowest BCUT2D eigenvalue weighted by atomic mass is 9.87. The van der Waals surface area contributed by atoms with E-state index in [1.165, 1.54) is 33.3 Å². The average Bonchev–Trinajstić information content (AvgIpc) is 3.36. The number of aromatic nitrogens is 1. The van der Waals surface area contributed by atoms with Gasteiger partial charge in [-0.3, -0.25) is 14.7 Å². The van der Waals surface area contributed by atoms with Crippen molar-refractivity contribution in [2.24, 2.45) is 9.98 Å². The van der Waals surface area contributed by atoms with Gasteiger partial charge in [-0.1, -0.05) is 32.9 Å². The maximum Gasteiger partial charge on any atom is 0.237 e. The normalized spacial score (nSPS) is 20.6. The number of piperidine rings is 1. The van der Waals surface area contributed by atoms with Crippen molar-refractivity contribution in [1.29, 1.82) is 0 Å². The van der Waals surface area contributed by atoms with Gasteiger partial charge >= 0.3 is 0 Å². The number of hydrogen-bond acceptors (Lipinski definition) is 4. The number of carbonyl (C=O) groups is 1. The van der Waals surface area contributed by atoms with Crippen LogP contribution in [0.3, 0.4) is 0 Å². The minimum atomic E-state index is -1.01. The van der Waals surface area contributed by atoms with Gasteiger partial charge in [-0.2, -0.15) is 0 Å². The number of hydrogen-bond donors (Lipinski definition) is 2. The number of likely N-dealkylation sites (tertiary alicyclic amines) is 1. The summed E-state index contributed by atoms with van der Waals surface area (Å²) in [6.07, 6.45) is 8.96. The van der Waals surface area contributed by atoms with Crippen LogP contribution < -0.4 is 4.72 Å². The monoisotopic (exact) mass is 578 g/mol. The second-order valence-corrected chi connectivity index (χ2v) is 12.7. The third-order valence-corrected chi connectivity index (χ3v) is 9.27. The summed E-state index contributed by atoms with van der Waals surface area (Å²) in [5.74, 6) is 1.47. The number of rotatable bonds is 9. The van der Waals surface area contributed by atoms with Crippen LogP contribution in [0.2, 0.25) is 0 Å². The van der Waals surface area contributed by atoms with Gasteiger partial charge in [0.05, 0.1) is 30.0 Å². The van der Waals surface area contributed by atoms with Crippen molar-refractivity contribution in [3.05, 3.63) is 52.7 Å². The standard InChI is InChI=1S/C32H46N6O2S/c1-7-24(17-23(5)28(8-2)34-20-33-6)32-31(22(3)4)27-18-26(9-10-29(27)36-32)25-11-13-37(14-12-25)19-30(39)38-15-16-41(40)35-21-38/h7,9-10,17-18,20,22,25,35-36H,8,11-16,19,21H2,1-6H3/b23-17-,24-7+,33-20?,34-28?. The molecule has 2 saturated heterocycles. The molecule has 3 heterocycles. The van der Waals surface area contributed by atoms with Gasteiger partial charge in [0.2, 0.25) is 5.91 Å². The van der Waals surface area contributed by atoms with Crippen LogP contribution in [-0.2, 0) is 15.8 Å². The molecule has 2 fully saturated rings. The van der Waals surface area contributed by atoms with Gasteiger partial charge in [0, 0.05) is 35.9 Å². The Bertz CT molecular complexity index is 1370. The molecule has 1 unspecified atom stereocenters. The highest BCUT2D eigenvalue weighted by Gasteiger charge is 2.26. The smallest absolute Gasteiger partial charge is 0.237 e. The van der Waals surface area contributed by atoms with E-state index in [2.05, 4.69) is 89.6 Å². The number of carbonyl (C=O) groups excluding carboxylic acids is 1. The summed E-state index contributed by atoms with van der Waals surface area (Å²) in [4.78, 5) is 29.1. The maximum absolute atomic E-state index is 12.7. The predicted molar refractivity (Wildman–Crippen MR) is 173 cm³/mol. The molecule has 0 bridgehead atoms. The summed E-state index contributed by atoms with van der Waals surface area (Å²) in [6.45, 7) is 14.1. The number of benzene rings is 1. The molecule has 0 aliphatic carbocycles. The van der Waals surface area contributed by atoms with Gasteiger partial charge in [-0.25, -0.2) is 13.9 Å². The number of aliphatic imine (C=N–C) groups is 2. The quantitative estimate of drug-likeness (QED) is 0.238. The van der Waals surface area contributed by atoms with E-state index in [1.807, 2.05) is 0 Å². The topological polar surface area (TPSA) is 93.2 Å². The fraction of sp³-hybridized carbons (Fsp3) is 0.531. The van der Waals surface area contributed by atoms with Gasteiger partial charge in [0.15, 0.2) is 0 Å². The summed E-state index contributed by atoms with van der Waals surface area (Å²) < 4.78 is 14.4. The van der Waals surface area contributed by atoms with E-state index < -0.39 is 11.0 Å². The highest BCUT2D eigenvalue weighted by atomic mass is 32.2. The van der Waals surface area contributed by atoms with Crippen LogP contribution in [0.25, 0.3) is 16.5 Å². The van der Waals surface area contributed by atoms with Crippen LogP contribution >= 0.6 is 0 Å². The molecule has 0 spiro atoms. The van der Waals surface area contributed by atoms with Gasteiger partial charge in [0.1, 0.15) is 6.34 Å². The highest BCUT2D eigenvalue weighted by molar-refractivity contribution is 7.83. The first-order valence-corrected chi connectivity index (χ1v) is 16.2. The number of H-pyrrole nitrogens is 1. The Morgan fingerprint density at radius 1 is 1.22 bits per heavy atom. The molecule has 0 radical (unpaired) electrons. The fourth-order valence-electron chi connectivity index (χ4n) is 5.95. The van der Waals surface area contributed by atoms with Crippen LogP contribution in [0.4, 0.5) is 0 Å². The number of allylic oxidation sites excluding steroid dienone is 4. The summed E-state index contributed by atoms with van der Waals surface area (Å²) in [5, 5.41) is 1.30. The molecule has 2 aromatic rings. The van der Waals surface area contributed by atoms with Crippen LogP contribution in [0.5, 0.6) is 0 Å². The minimum absolute atomic E-state index is 0.121. The number of aromatic amines is 1. The number of amides is 1. The van der Waals surface area contributed by atoms with E-state index in [-0.39, 0.29) is 5.91 Å². The fourth-order valence-corrected chi connectivity index (χ4v) is 6.78. The zero-order valence-corrected chi connectivity index (χ0v) is 26.3. The van der Waals surface area contributed by atoms with Gasteiger partial charge in [0.25, 0.3) is 0 Å². The molecule has 1 aromatic heterocycles. The Labute approximate surface area is 247 Å². The van der Waals surface area contributed by atoms with Crippen molar-refractivity contribution in [1.82, 2.24) is 19.5 Å². The van der Waals surface area contributed by atoms with Gasteiger partial charge < -0.3 is 9.88 Å². The Kier molecular flexibility index (Phi) is 10.9. The van der Waals surface area contributed by atoms with Crippen molar-refractivity contribution in [2.45, 2.75) is 65.7 Å². The molecule has 8 nitrogen and oxygen atoms in total. The zero-order chi connectivity index (χ0) is 29.5. The third kappa shape index (κ3) is 7.50. The molecular formula is C32H46N6O2S. The summed E-state index contributed by atoms with van der Waals surface area (Å²) >= 11 is 0. The van der Waals surface area contributed by atoms with Crippen LogP contribution in [0.1, 0.15) is 82.5 Å². The van der Waals surface area contributed by atoms with Crippen LogP contribution in [-0.4, -0.2) is 82.6 Å². The molecule has 4 rings (SSSR count). The molecular weight excluding hydrogens is 532 g/mol. The van der Waals surface area contributed by atoms with E-state index in [0.717, 1.165) is 43.6 Å². The number of nitrogens with zero attached hydrogens (tertiary/aromatic N) is 4. The first kappa shape index (κ1) is 31.1. The van der Waals surface area contributed by atoms with E-state index in [0.29, 0.717) is 37.3 Å². The molecule has 41 heavy (non-hydrogen) atoms. The summed E-state index contributed by atoms with van der Waals surface area (Å²) in [7, 11) is 0.733.